The van der Waals surface area contributed by atoms with Crippen molar-refractivity contribution in [3.8, 4) is 0 Å². The van der Waals surface area contributed by atoms with Crippen molar-refractivity contribution in [2.75, 3.05) is 25.4 Å². The Bertz CT molecular complexity index is 974. The molecule has 4 heterocycles. The van der Waals surface area contributed by atoms with E-state index in [1.165, 1.54) is 6.26 Å². The first-order valence-electron chi connectivity index (χ1n) is 9.90. The number of anilines is 1. The Labute approximate surface area is 165 Å². The van der Waals surface area contributed by atoms with Crippen LogP contribution in [0.2, 0.25) is 0 Å². The molecule has 1 aliphatic rings. The Morgan fingerprint density at radius 2 is 2.04 bits per heavy atom. The summed E-state index contributed by atoms with van der Waals surface area (Å²) in [6.07, 6.45) is 3.59. The number of nitrogens with zero attached hydrogens (tertiary/aromatic N) is 2. The summed E-state index contributed by atoms with van der Waals surface area (Å²) < 4.78 is 5.24. The highest BCUT2D eigenvalue weighted by Crippen LogP contribution is 2.37. The number of H-pyrrole nitrogens is 1. The maximum Gasteiger partial charge on any atom is 0.246 e. The van der Waals surface area contributed by atoms with Crippen molar-refractivity contribution >= 4 is 22.6 Å². The zero-order chi connectivity index (χ0) is 19.9. The number of carbonyl (C=O) groups is 1. The van der Waals surface area contributed by atoms with Crippen LogP contribution in [0.5, 0.6) is 0 Å². The second kappa shape index (κ2) is 7.09. The summed E-state index contributed by atoms with van der Waals surface area (Å²) in [5.41, 5.74) is 9.75. The van der Waals surface area contributed by atoms with Crippen LogP contribution in [-0.2, 0) is 0 Å². The normalized spacial score (nSPS) is 16.7. The first-order valence-corrected chi connectivity index (χ1v) is 9.90. The van der Waals surface area contributed by atoms with E-state index in [9.17, 15) is 4.79 Å². The molecule has 6 nitrogen and oxygen atoms in total. The first kappa shape index (κ1) is 18.7. The summed E-state index contributed by atoms with van der Waals surface area (Å²) in [4.78, 5) is 23.1. The Morgan fingerprint density at radius 1 is 1.29 bits per heavy atom. The predicted molar refractivity (Wildman–Crippen MR) is 111 cm³/mol. The Morgan fingerprint density at radius 3 is 2.68 bits per heavy atom. The van der Waals surface area contributed by atoms with E-state index in [0.29, 0.717) is 28.6 Å². The molecule has 3 aromatic heterocycles. The van der Waals surface area contributed by atoms with Crippen molar-refractivity contribution in [2.45, 2.75) is 39.5 Å². The third kappa shape index (κ3) is 3.69. The largest absolute Gasteiger partial charge is 0.461 e. The lowest BCUT2D eigenvalue weighted by Crippen LogP contribution is -2.38. The van der Waals surface area contributed by atoms with Crippen LogP contribution in [0.15, 0.2) is 34.9 Å². The van der Waals surface area contributed by atoms with Gasteiger partial charge in [0.15, 0.2) is 5.76 Å². The lowest BCUT2D eigenvalue weighted by molar-refractivity contribution is 0.100. The number of nitrogen functional groups attached to an aromatic ring is 1. The van der Waals surface area contributed by atoms with Gasteiger partial charge in [0, 0.05) is 12.1 Å². The average molecular weight is 380 g/mol. The van der Waals surface area contributed by atoms with Gasteiger partial charge in [-0.25, -0.2) is 4.98 Å². The van der Waals surface area contributed by atoms with Crippen LogP contribution in [0, 0.1) is 5.41 Å². The fraction of sp³-hybridized carbons (Fsp3) is 0.455. The van der Waals surface area contributed by atoms with Gasteiger partial charge in [0.25, 0.3) is 0 Å². The molecule has 148 valence electrons. The van der Waals surface area contributed by atoms with Gasteiger partial charge in [-0.2, -0.15) is 0 Å². The van der Waals surface area contributed by atoms with Gasteiger partial charge in [-0.05, 0) is 61.5 Å². The molecule has 0 saturated carbocycles. The van der Waals surface area contributed by atoms with Crippen LogP contribution >= 0.6 is 0 Å². The van der Waals surface area contributed by atoms with Gasteiger partial charge in [0.1, 0.15) is 11.5 Å². The quantitative estimate of drug-likeness (QED) is 0.663. The van der Waals surface area contributed by atoms with E-state index in [1.807, 2.05) is 6.07 Å². The number of carbonyl (C=O) groups excluding carboxylic acids is 1. The molecule has 3 aromatic rings. The molecular weight excluding hydrogens is 352 g/mol. The maximum absolute atomic E-state index is 12.6. The molecular formula is C22H28N4O2. The number of furan rings is 1. The number of hydrogen-bond donors (Lipinski definition) is 2. The maximum atomic E-state index is 12.6. The highest BCUT2D eigenvalue weighted by Gasteiger charge is 2.28. The fourth-order valence-electron chi connectivity index (χ4n) is 4.23. The van der Waals surface area contributed by atoms with E-state index in [4.69, 9.17) is 10.2 Å². The van der Waals surface area contributed by atoms with Crippen molar-refractivity contribution in [2.24, 2.45) is 5.41 Å². The summed E-state index contributed by atoms with van der Waals surface area (Å²) in [6, 6.07) is 6.97. The van der Waals surface area contributed by atoms with E-state index in [-0.39, 0.29) is 5.78 Å². The van der Waals surface area contributed by atoms with E-state index in [2.05, 4.69) is 35.6 Å². The van der Waals surface area contributed by atoms with Gasteiger partial charge in [-0.1, -0.05) is 20.8 Å². The summed E-state index contributed by atoms with van der Waals surface area (Å²) in [5, 5.41) is 0. The summed E-state index contributed by atoms with van der Waals surface area (Å²) in [6.45, 7) is 10.0. The molecule has 1 saturated heterocycles. The number of hydrogen-bond acceptors (Lipinski definition) is 5. The molecule has 0 aromatic carbocycles. The number of fused-ring (bicyclic) bond motifs is 1. The molecule has 28 heavy (non-hydrogen) atoms. The van der Waals surface area contributed by atoms with Gasteiger partial charge in [-0.3, -0.25) is 4.79 Å². The summed E-state index contributed by atoms with van der Waals surface area (Å²) in [5.74, 6) is 1.11. The number of pyridine rings is 1. The van der Waals surface area contributed by atoms with Crippen LogP contribution in [0.4, 0.5) is 5.82 Å². The van der Waals surface area contributed by atoms with E-state index in [0.717, 1.165) is 49.1 Å². The topological polar surface area (TPSA) is 88.1 Å². The van der Waals surface area contributed by atoms with E-state index < -0.39 is 0 Å². The molecule has 0 atom stereocenters. The minimum atomic E-state index is -0.211. The molecule has 0 aliphatic carbocycles. The molecule has 0 amide bonds. The molecule has 3 N–H and O–H groups in total. The molecule has 0 bridgehead atoms. The van der Waals surface area contributed by atoms with Crippen molar-refractivity contribution in [1.29, 1.82) is 0 Å². The Balaban J connectivity index is 1.60. The van der Waals surface area contributed by atoms with Crippen molar-refractivity contribution in [3.05, 3.63) is 47.5 Å². The molecule has 4 rings (SSSR count). The molecule has 0 spiro atoms. The number of piperidine rings is 1. The lowest BCUT2D eigenvalue weighted by atomic mass is 9.88. The average Bonchev–Trinajstić information content (AvgIpc) is 3.27. The number of ketones is 1. The van der Waals surface area contributed by atoms with Gasteiger partial charge >= 0.3 is 0 Å². The highest BCUT2D eigenvalue weighted by atomic mass is 16.3. The number of nitrogens with two attached hydrogens (primary N) is 1. The van der Waals surface area contributed by atoms with E-state index >= 15 is 0 Å². The lowest BCUT2D eigenvalue weighted by Gasteiger charge is -2.36. The van der Waals surface area contributed by atoms with Gasteiger partial charge in [0.05, 0.1) is 17.3 Å². The monoisotopic (exact) mass is 380 g/mol. The number of likely N-dealkylation sites (tertiary alicyclic amines) is 1. The SMILES string of the molecule is CC(C)(C)CN1CCC(c2c(N)[nH]c3ccc(C(=O)c4ccco4)nc23)CC1. The fourth-order valence-corrected chi connectivity index (χ4v) is 4.23. The second-order valence-electron chi connectivity index (χ2n) is 8.96. The molecule has 0 radical (unpaired) electrons. The minimum absolute atomic E-state index is 0.211. The van der Waals surface area contributed by atoms with Crippen LogP contribution < -0.4 is 5.73 Å². The second-order valence-corrected chi connectivity index (χ2v) is 8.96. The van der Waals surface area contributed by atoms with Gasteiger partial charge in [-0.15, -0.1) is 0 Å². The van der Waals surface area contributed by atoms with Crippen molar-refractivity contribution in [1.82, 2.24) is 14.9 Å². The zero-order valence-corrected chi connectivity index (χ0v) is 16.8. The number of aromatic nitrogens is 2. The number of aromatic amines is 1. The minimum Gasteiger partial charge on any atom is -0.461 e. The molecule has 6 heteroatoms. The molecule has 1 fully saturated rings. The Kier molecular flexibility index (Phi) is 4.75. The van der Waals surface area contributed by atoms with Crippen LogP contribution in [0.1, 0.15) is 61.3 Å². The van der Waals surface area contributed by atoms with Crippen LogP contribution in [0.25, 0.3) is 11.0 Å². The first-order chi connectivity index (χ1) is 13.3. The third-order valence-electron chi connectivity index (χ3n) is 5.38. The number of nitrogens with one attached hydrogen (secondary N) is 1. The predicted octanol–water partition coefficient (Wildman–Crippen LogP) is 4.19. The highest BCUT2D eigenvalue weighted by molar-refractivity contribution is 6.07. The standard InChI is InChI=1S/C22H28N4O2/c1-22(2,3)13-26-10-8-14(9-11-26)18-19-15(25-21(18)23)6-7-16(24-19)20(27)17-5-4-12-28-17/h4-7,12,14,25H,8-11,13,23H2,1-3H3. The molecule has 1 aliphatic heterocycles. The van der Waals surface area contributed by atoms with Gasteiger partial charge < -0.3 is 20.0 Å². The third-order valence-corrected chi connectivity index (χ3v) is 5.38. The number of rotatable bonds is 4. The van der Waals surface area contributed by atoms with Crippen molar-refractivity contribution < 1.29 is 9.21 Å². The summed E-state index contributed by atoms with van der Waals surface area (Å²) >= 11 is 0. The van der Waals surface area contributed by atoms with Gasteiger partial charge in [0.2, 0.25) is 5.78 Å². The van der Waals surface area contributed by atoms with Crippen LogP contribution in [-0.4, -0.2) is 40.3 Å². The zero-order valence-electron chi connectivity index (χ0n) is 16.8. The smallest absolute Gasteiger partial charge is 0.246 e. The van der Waals surface area contributed by atoms with Crippen LogP contribution in [0.3, 0.4) is 0 Å². The summed E-state index contributed by atoms with van der Waals surface area (Å²) in [7, 11) is 0. The Hall–Kier alpha value is -2.60. The van der Waals surface area contributed by atoms with Crippen molar-refractivity contribution in [3.63, 3.8) is 0 Å². The molecule has 0 unspecified atom stereocenters. The van der Waals surface area contributed by atoms with E-state index in [1.54, 1.807) is 18.2 Å².